The Hall–Kier alpha value is -4.19. The maximum absolute atomic E-state index is 12.3. The van der Waals surface area contributed by atoms with E-state index >= 15 is 0 Å². The van der Waals surface area contributed by atoms with Crippen LogP contribution in [0.25, 0.3) is 6.08 Å². The molecule has 0 bridgehead atoms. The molecule has 0 N–H and O–H groups in total. The molecule has 3 aromatic carbocycles. The maximum atomic E-state index is 12.3. The van der Waals surface area contributed by atoms with Crippen LogP contribution < -0.4 is 9.47 Å². The van der Waals surface area contributed by atoms with Crippen molar-refractivity contribution in [3.05, 3.63) is 101 Å². The molecule has 0 saturated carbocycles. The minimum atomic E-state index is -0.510. The van der Waals surface area contributed by atoms with Gasteiger partial charge >= 0.3 is 11.9 Å². The summed E-state index contributed by atoms with van der Waals surface area (Å²) in [5.41, 5.74) is 2.80. The van der Waals surface area contributed by atoms with Gasteiger partial charge in [-0.05, 0) is 48.0 Å². The first-order valence-electron chi connectivity index (χ1n) is 9.17. The van der Waals surface area contributed by atoms with Crippen LogP contribution in [0.15, 0.2) is 89.6 Å². The molecule has 6 heteroatoms. The van der Waals surface area contributed by atoms with Gasteiger partial charge in [0.15, 0.2) is 0 Å². The first-order chi connectivity index (χ1) is 14.6. The standard InChI is InChI=1S/C24H17NO5/c1-28-19-13-9-18(10-14-19)23(26)29-20-11-7-16(8-12-20)15-21-22(25-30-24(21)27)17-5-3-2-4-6-17/h2-15H,1H3/b21-15+. The molecule has 0 atom stereocenters. The van der Waals surface area contributed by atoms with Crippen molar-refractivity contribution in [2.45, 2.75) is 0 Å². The minimum Gasteiger partial charge on any atom is -0.497 e. The summed E-state index contributed by atoms with van der Waals surface area (Å²) in [5, 5.41) is 3.89. The normalized spacial score (nSPS) is 14.2. The Kier molecular flexibility index (Phi) is 5.39. The predicted octanol–water partition coefficient (Wildman–Crippen LogP) is 4.26. The van der Waals surface area contributed by atoms with Gasteiger partial charge in [-0.2, -0.15) is 0 Å². The lowest BCUT2D eigenvalue weighted by Crippen LogP contribution is -2.08. The quantitative estimate of drug-likeness (QED) is 0.277. The van der Waals surface area contributed by atoms with E-state index in [-0.39, 0.29) is 0 Å². The van der Waals surface area contributed by atoms with Gasteiger partial charge in [-0.25, -0.2) is 9.59 Å². The summed E-state index contributed by atoms with van der Waals surface area (Å²) in [6, 6.07) is 22.8. The first kappa shape index (κ1) is 19.1. The Morgan fingerprint density at radius 2 is 1.57 bits per heavy atom. The Bertz CT molecular complexity index is 1130. The van der Waals surface area contributed by atoms with Crippen molar-refractivity contribution in [3.8, 4) is 11.5 Å². The average Bonchev–Trinajstić information content (AvgIpc) is 3.15. The zero-order valence-corrected chi connectivity index (χ0v) is 16.1. The van der Waals surface area contributed by atoms with Crippen LogP contribution in [0.3, 0.4) is 0 Å². The van der Waals surface area contributed by atoms with Gasteiger partial charge < -0.3 is 14.3 Å². The van der Waals surface area contributed by atoms with E-state index in [1.807, 2.05) is 30.3 Å². The van der Waals surface area contributed by atoms with Crippen molar-refractivity contribution < 1.29 is 23.9 Å². The number of carbonyl (C=O) groups is 2. The number of esters is 1. The van der Waals surface area contributed by atoms with Crippen molar-refractivity contribution >= 4 is 23.7 Å². The highest BCUT2D eigenvalue weighted by atomic mass is 16.7. The highest BCUT2D eigenvalue weighted by molar-refractivity contribution is 6.31. The van der Waals surface area contributed by atoms with E-state index in [9.17, 15) is 9.59 Å². The third-order valence-electron chi connectivity index (χ3n) is 4.47. The number of hydrogen-bond donors (Lipinski definition) is 0. The molecular formula is C24H17NO5. The van der Waals surface area contributed by atoms with Crippen molar-refractivity contribution in [3.63, 3.8) is 0 Å². The molecule has 0 aliphatic carbocycles. The lowest BCUT2D eigenvalue weighted by Gasteiger charge is -2.06. The van der Waals surface area contributed by atoms with Gasteiger partial charge in [-0.15, -0.1) is 0 Å². The van der Waals surface area contributed by atoms with Crippen LogP contribution in [-0.2, 0) is 9.63 Å². The van der Waals surface area contributed by atoms with E-state index in [1.165, 1.54) is 0 Å². The number of oxime groups is 1. The Morgan fingerprint density at radius 3 is 2.23 bits per heavy atom. The fourth-order valence-corrected chi connectivity index (χ4v) is 2.91. The van der Waals surface area contributed by atoms with E-state index in [0.717, 1.165) is 11.1 Å². The van der Waals surface area contributed by atoms with E-state index in [4.69, 9.17) is 14.3 Å². The van der Waals surface area contributed by atoms with Crippen LogP contribution in [0.4, 0.5) is 0 Å². The summed E-state index contributed by atoms with van der Waals surface area (Å²) in [6.07, 6.45) is 1.69. The molecule has 0 saturated heterocycles. The number of benzene rings is 3. The SMILES string of the molecule is COc1ccc(C(=O)Oc2ccc(/C=C3/C(=O)ON=C3c3ccccc3)cc2)cc1. The molecule has 30 heavy (non-hydrogen) atoms. The van der Waals surface area contributed by atoms with Crippen molar-refractivity contribution in [1.29, 1.82) is 0 Å². The third-order valence-corrected chi connectivity index (χ3v) is 4.47. The average molecular weight is 399 g/mol. The second-order valence-electron chi connectivity index (χ2n) is 6.43. The van der Waals surface area contributed by atoms with Gasteiger partial charge in [0.05, 0.1) is 18.2 Å². The van der Waals surface area contributed by atoms with Gasteiger partial charge in [0, 0.05) is 5.56 Å². The molecule has 0 fully saturated rings. The second-order valence-corrected chi connectivity index (χ2v) is 6.43. The van der Waals surface area contributed by atoms with Crippen LogP contribution >= 0.6 is 0 Å². The van der Waals surface area contributed by atoms with E-state index in [1.54, 1.807) is 61.7 Å². The fourth-order valence-electron chi connectivity index (χ4n) is 2.91. The smallest absolute Gasteiger partial charge is 0.368 e. The van der Waals surface area contributed by atoms with Crippen LogP contribution in [-0.4, -0.2) is 24.8 Å². The second kappa shape index (κ2) is 8.45. The van der Waals surface area contributed by atoms with Crippen LogP contribution in [0.1, 0.15) is 21.5 Å². The number of nitrogens with zero attached hydrogens (tertiary/aromatic N) is 1. The molecule has 4 rings (SSSR count). The Balaban J connectivity index is 1.49. The molecule has 3 aromatic rings. The fraction of sp³-hybridized carbons (Fsp3) is 0.0417. The number of carbonyl (C=O) groups excluding carboxylic acids is 2. The van der Waals surface area contributed by atoms with Gasteiger partial charge in [-0.1, -0.05) is 47.6 Å². The number of methoxy groups -OCH3 is 1. The summed E-state index contributed by atoms with van der Waals surface area (Å²) in [5.74, 6) is 0.0715. The molecule has 0 amide bonds. The topological polar surface area (TPSA) is 74.2 Å². The molecular weight excluding hydrogens is 382 g/mol. The monoisotopic (exact) mass is 399 g/mol. The van der Waals surface area contributed by atoms with Gasteiger partial charge in [0.25, 0.3) is 0 Å². The van der Waals surface area contributed by atoms with Gasteiger partial charge in [0.2, 0.25) is 0 Å². The summed E-state index contributed by atoms with van der Waals surface area (Å²) < 4.78 is 10.5. The number of hydrogen-bond acceptors (Lipinski definition) is 6. The van der Waals surface area contributed by atoms with Crippen LogP contribution in [0.5, 0.6) is 11.5 Å². The summed E-state index contributed by atoms with van der Waals surface area (Å²) >= 11 is 0. The van der Waals surface area contributed by atoms with Gasteiger partial charge in [0.1, 0.15) is 17.2 Å². The largest absolute Gasteiger partial charge is 0.497 e. The molecule has 148 valence electrons. The molecule has 1 aliphatic heterocycles. The first-order valence-corrected chi connectivity index (χ1v) is 9.17. The Labute approximate surface area is 173 Å². The zero-order chi connectivity index (χ0) is 20.9. The molecule has 0 unspecified atom stereocenters. The van der Waals surface area contributed by atoms with Crippen LogP contribution in [0.2, 0.25) is 0 Å². The van der Waals surface area contributed by atoms with Crippen molar-refractivity contribution in [1.82, 2.24) is 0 Å². The molecule has 6 nitrogen and oxygen atoms in total. The van der Waals surface area contributed by atoms with Crippen molar-refractivity contribution in [2.24, 2.45) is 5.16 Å². The third kappa shape index (κ3) is 4.12. The zero-order valence-electron chi connectivity index (χ0n) is 16.1. The van der Waals surface area contributed by atoms with E-state index < -0.39 is 11.9 Å². The van der Waals surface area contributed by atoms with Crippen LogP contribution in [0, 0.1) is 0 Å². The summed E-state index contributed by atoms with van der Waals surface area (Å²) in [7, 11) is 1.56. The predicted molar refractivity (Wildman–Crippen MR) is 111 cm³/mol. The molecule has 0 aromatic heterocycles. The lowest BCUT2D eigenvalue weighted by molar-refractivity contribution is -0.136. The summed E-state index contributed by atoms with van der Waals surface area (Å²) in [4.78, 5) is 29.2. The number of ether oxygens (including phenoxy) is 2. The molecule has 0 radical (unpaired) electrons. The lowest BCUT2D eigenvalue weighted by atomic mass is 10.0. The highest BCUT2D eigenvalue weighted by Gasteiger charge is 2.26. The minimum absolute atomic E-state index is 0.365. The van der Waals surface area contributed by atoms with E-state index in [0.29, 0.717) is 28.3 Å². The number of rotatable bonds is 5. The molecule has 0 spiro atoms. The summed E-state index contributed by atoms with van der Waals surface area (Å²) in [6.45, 7) is 0. The highest BCUT2D eigenvalue weighted by Crippen LogP contribution is 2.22. The molecule has 1 aliphatic rings. The Morgan fingerprint density at radius 1 is 0.900 bits per heavy atom. The van der Waals surface area contributed by atoms with Crippen molar-refractivity contribution in [2.75, 3.05) is 7.11 Å². The van der Waals surface area contributed by atoms with E-state index in [2.05, 4.69) is 5.16 Å². The van der Waals surface area contributed by atoms with Gasteiger partial charge in [-0.3, -0.25) is 0 Å². The maximum Gasteiger partial charge on any atom is 0.368 e. The molecule has 1 heterocycles.